The molecule has 1 amide bonds. The van der Waals surface area contributed by atoms with Gasteiger partial charge in [0.25, 0.3) is 5.91 Å². The summed E-state index contributed by atoms with van der Waals surface area (Å²) in [6.45, 7) is 1.71. The minimum Gasteiger partial charge on any atom is -0.352 e. The quantitative estimate of drug-likeness (QED) is 0.789. The van der Waals surface area contributed by atoms with Crippen LogP contribution in [0.4, 0.5) is 0 Å². The van der Waals surface area contributed by atoms with Gasteiger partial charge in [0.05, 0.1) is 31.2 Å². The molecule has 3 nitrogen and oxygen atoms in total. The third-order valence-electron chi connectivity index (χ3n) is 2.31. The molecule has 0 bridgehead atoms. The van der Waals surface area contributed by atoms with Crippen molar-refractivity contribution in [2.75, 3.05) is 27.2 Å². The number of nitrogens with one attached hydrogen (secondary N) is 2. The number of rotatable bonds is 5. The van der Waals surface area contributed by atoms with Crippen molar-refractivity contribution in [3.63, 3.8) is 0 Å². The Labute approximate surface area is 115 Å². The van der Waals surface area contributed by atoms with Crippen molar-refractivity contribution < 1.29 is 9.69 Å². The van der Waals surface area contributed by atoms with Gasteiger partial charge in [0.2, 0.25) is 0 Å². The van der Waals surface area contributed by atoms with Crippen molar-refractivity contribution in [3.05, 3.63) is 33.3 Å². The Morgan fingerprint density at radius 3 is 2.82 bits per heavy atom. The van der Waals surface area contributed by atoms with E-state index < -0.39 is 0 Å². The zero-order chi connectivity index (χ0) is 12.8. The van der Waals surface area contributed by atoms with Crippen molar-refractivity contribution in [3.8, 4) is 0 Å². The van der Waals surface area contributed by atoms with Gasteiger partial charge in [0, 0.05) is 17.4 Å². The lowest BCUT2D eigenvalue weighted by atomic mass is 10.2. The number of quaternary nitrogens is 1. The highest BCUT2D eigenvalue weighted by Gasteiger charge is 2.10. The molecule has 17 heavy (non-hydrogen) atoms. The topological polar surface area (TPSA) is 33.5 Å². The van der Waals surface area contributed by atoms with Gasteiger partial charge in [-0.15, -0.1) is 0 Å². The molecule has 0 aliphatic heterocycles. The van der Waals surface area contributed by atoms with E-state index in [4.69, 9.17) is 11.6 Å². The van der Waals surface area contributed by atoms with E-state index in [1.165, 1.54) is 4.90 Å². The first-order valence-electron chi connectivity index (χ1n) is 5.53. The molecule has 0 unspecified atom stereocenters. The molecule has 0 saturated heterocycles. The number of benzene rings is 1. The highest BCUT2D eigenvalue weighted by atomic mass is 79.9. The highest BCUT2D eigenvalue weighted by Crippen LogP contribution is 2.20. The summed E-state index contributed by atoms with van der Waals surface area (Å²) in [5.41, 5.74) is 0.512. The Kier molecular flexibility index (Phi) is 5.95. The Morgan fingerprint density at radius 1 is 1.47 bits per heavy atom. The minimum atomic E-state index is -0.120. The second kappa shape index (κ2) is 6.99. The lowest BCUT2D eigenvalue weighted by Gasteiger charge is -2.09. The number of carbonyl (C=O) groups is 1. The summed E-state index contributed by atoms with van der Waals surface area (Å²) in [5.74, 6) is -0.120. The standard InChI is InChI=1S/C12H16BrClN2O/c1-16(2)7-3-6-15-12(17)10-8-9(13)4-5-11(10)14/h4-5,8H,3,6-7H2,1-2H3,(H,15,17)/p+1. The zero-order valence-corrected chi connectivity index (χ0v) is 12.4. The summed E-state index contributed by atoms with van der Waals surface area (Å²) in [6.07, 6.45) is 0.958. The van der Waals surface area contributed by atoms with Crippen LogP contribution in [0.2, 0.25) is 5.02 Å². The van der Waals surface area contributed by atoms with Gasteiger partial charge in [0.15, 0.2) is 0 Å². The first-order chi connectivity index (χ1) is 8.00. The van der Waals surface area contributed by atoms with Crippen molar-refractivity contribution in [1.29, 1.82) is 0 Å². The summed E-state index contributed by atoms with van der Waals surface area (Å²) in [5, 5.41) is 3.34. The van der Waals surface area contributed by atoms with E-state index in [0.29, 0.717) is 17.1 Å². The molecule has 1 aromatic rings. The van der Waals surface area contributed by atoms with Crippen LogP contribution in [0, 0.1) is 0 Å². The number of carbonyl (C=O) groups excluding carboxylic acids is 1. The smallest absolute Gasteiger partial charge is 0.252 e. The van der Waals surface area contributed by atoms with Gasteiger partial charge in [-0.05, 0) is 18.2 Å². The van der Waals surface area contributed by atoms with Crippen LogP contribution in [0.5, 0.6) is 0 Å². The van der Waals surface area contributed by atoms with Gasteiger partial charge in [-0.1, -0.05) is 27.5 Å². The van der Waals surface area contributed by atoms with E-state index >= 15 is 0 Å². The molecular weight excluding hydrogens is 304 g/mol. The highest BCUT2D eigenvalue weighted by molar-refractivity contribution is 9.10. The normalized spacial score (nSPS) is 10.6. The molecule has 94 valence electrons. The van der Waals surface area contributed by atoms with Crippen LogP contribution in [0.15, 0.2) is 22.7 Å². The Hall–Kier alpha value is -0.580. The molecule has 0 aromatic heterocycles. The average Bonchev–Trinajstić information content (AvgIpc) is 2.27. The Morgan fingerprint density at radius 2 is 2.18 bits per heavy atom. The van der Waals surface area contributed by atoms with Crippen LogP contribution >= 0.6 is 27.5 Å². The molecule has 0 fully saturated rings. The zero-order valence-electron chi connectivity index (χ0n) is 10.0. The lowest BCUT2D eigenvalue weighted by molar-refractivity contribution is -0.858. The van der Waals surface area contributed by atoms with E-state index in [9.17, 15) is 4.79 Å². The molecule has 0 heterocycles. The average molecular weight is 321 g/mol. The molecular formula is C12H17BrClN2O+. The van der Waals surface area contributed by atoms with Crippen LogP contribution in [0.3, 0.4) is 0 Å². The van der Waals surface area contributed by atoms with Gasteiger partial charge >= 0.3 is 0 Å². The molecule has 0 atom stereocenters. The lowest BCUT2D eigenvalue weighted by Crippen LogP contribution is -3.05. The van der Waals surface area contributed by atoms with Crippen LogP contribution in [-0.2, 0) is 0 Å². The number of halogens is 2. The summed E-state index contributed by atoms with van der Waals surface area (Å²) >= 11 is 9.29. The second-order valence-electron chi connectivity index (χ2n) is 4.19. The molecule has 0 saturated carbocycles. The van der Waals surface area contributed by atoms with E-state index in [-0.39, 0.29) is 5.91 Å². The van der Waals surface area contributed by atoms with E-state index in [0.717, 1.165) is 17.4 Å². The maximum atomic E-state index is 11.8. The first kappa shape index (κ1) is 14.5. The molecule has 0 aliphatic rings. The van der Waals surface area contributed by atoms with Gasteiger partial charge in [0.1, 0.15) is 0 Å². The summed E-state index contributed by atoms with van der Waals surface area (Å²) in [4.78, 5) is 13.2. The monoisotopic (exact) mass is 319 g/mol. The second-order valence-corrected chi connectivity index (χ2v) is 5.51. The van der Waals surface area contributed by atoms with Gasteiger partial charge in [-0.25, -0.2) is 0 Å². The van der Waals surface area contributed by atoms with E-state index in [1.807, 2.05) is 6.07 Å². The molecule has 0 spiro atoms. The number of hydrogen-bond donors (Lipinski definition) is 2. The van der Waals surface area contributed by atoms with Crippen LogP contribution in [0.25, 0.3) is 0 Å². The fraction of sp³-hybridized carbons (Fsp3) is 0.417. The van der Waals surface area contributed by atoms with Crippen molar-refractivity contribution in [2.24, 2.45) is 0 Å². The largest absolute Gasteiger partial charge is 0.352 e. The van der Waals surface area contributed by atoms with E-state index in [2.05, 4.69) is 35.3 Å². The molecule has 0 radical (unpaired) electrons. The molecule has 5 heteroatoms. The molecule has 1 rings (SSSR count). The van der Waals surface area contributed by atoms with E-state index in [1.54, 1.807) is 12.1 Å². The Balaban J connectivity index is 2.49. The van der Waals surface area contributed by atoms with Crippen molar-refractivity contribution in [2.45, 2.75) is 6.42 Å². The predicted octanol–water partition coefficient (Wildman–Crippen LogP) is 1.37. The van der Waals surface area contributed by atoms with Crippen molar-refractivity contribution >= 4 is 33.4 Å². The van der Waals surface area contributed by atoms with Gasteiger partial charge in [-0.3, -0.25) is 4.79 Å². The Bertz CT molecular complexity index is 396. The molecule has 2 N–H and O–H groups in total. The molecule has 1 aromatic carbocycles. The van der Waals surface area contributed by atoms with Crippen LogP contribution in [0.1, 0.15) is 16.8 Å². The SMILES string of the molecule is C[NH+](C)CCCNC(=O)c1cc(Br)ccc1Cl. The van der Waals surface area contributed by atoms with Crippen LogP contribution < -0.4 is 10.2 Å². The third-order valence-corrected chi connectivity index (χ3v) is 3.13. The summed E-state index contributed by atoms with van der Waals surface area (Å²) < 4.78 is 0.852. The third kappa shape index (κ3) is 5.06. The number of amides is 1. The van der Waals surface area contributed by atoms with Gasteiger partial charge < -0.3 is 10.2 Å². The van der Waals surface area contributed by atoms with Gasteiger partial charge in [-0.2, -0.15) is 0 Å². The number of hydrogen-bond acceptors (Lipinski definition) is 1. The first-order valence-corrected chi connectivity index (χ1v) is 6.70. The summed E-state index contributed by atoms with van der Waals surface area (Å²) in [7, 11) is 4.18. The molecule has 0 aliphatic carbocycles. The maximum absolute atomic E-state index is 11.8. The fourth-order valence-electron chi connectivity index (χ4n) is 1.41. The predicted molar refractivity (Wildman–Crippen MR) is 73.8 cm³/mol. The summed E-state index contributed by atoms with van der Waals surface area (Å²) in [6, 6.07) is 5.26. The van der Waals surface area contributed by atoms with Crippen molar-refractivity contribution in [1.82, 2.24) is 5.32 Å². The fourth-order valence-corrected chi connectivity index (χ4v) is 1.98. The van der Waals surface area contributed by atoms with Crippen LogP contribution in [-0.4, -0.2) is 33.1 Å². The maximum Gasteiger partial charge on any atom is 0.252 e. The minimum absolute atomic E-state index is 0.120.